The van der Waals surface area contributed by atoms with Crippen molar-refractivity contribution in [3.05, 3.63) is 24.3 Å². The highest BCUT2D eigenvalue weighted by molar-refractivity contribution is 5.01. The monoisotopic (exact) mass is 266 g/mol. The maximum absolute atomic E-state index is 5.71. The normalized spacial score (nSPS) is 12.8. The zero-order valence-electron chi connectivity index (χ0n) is 13.6. The molecular weight excluding hydrogens is 232 g/mol. The number of hydrogen-bond acceptors (Lipinski definition) is 1. The Labute approximate surface area is 121 Å². The van der Waals surface area contributed by atoms with Crippen molar-refractivity contribution in [3.8, 4) is 0 Å². The summed E-state index contributed by atoms with van der Waals surface area (Å²) in [5.74, 6) is 0. The van der Waals surface area contributed by atoms with E-state index in [0.29, 0.717) is 0 Å². The van der Waals surface area contributed by atoms with Crippen molar-refractivity contribution in [3.63, 3.8) is 0 Å². The summed E-state index contributed by atoms with van der Waals surface area (Å²) in [4.78, 5) is 0. The predicted molar refractivity (Wildman–Crippen MR) is 86.6 cm³/mol. The SMILES string of the molecule is CC/C=C/C=C/CCCCCCCCOC(C)(C)C. The average Bonchev–Trinajstić information content (AvgIpc) is 2.34. The van der Waals surface area contributed by atoms with E-state index in [1.54, 1.807) is 0 Å². The van der Waals surface area contributed by atoms with E-state index in [2.05, 4.69) is 52.0 Å². The predicted octanol–water partition coefficient (Wildman–Crippen LogP) is 6.05. The van der Waals surface area contributed by atoms with Crippen molar-refractivity contribution in [2.75, 3.05) is 6.61 Å². The Bertz CT molecular complexity index is 233. The fourth-order valence-corrected chi connectivity index (χ4v) is 1.84. The zero-order valence-corrected chi connectivity index (χ0v) is 13.6. The Kier molecular flexibility index (Phi) is 12.1. The molecule has 0 N–H and O–H groups in total. The number of hydrogen-bond donors (Lipinski definition) is 0. The van der Waals surface area contributed by atoms with Gasteiger partial charge in [-0.3, -0.25) is 0 Å². The highest BCUT2D eigenvalue weighted by Crippen LogP contribution is 2.11. The Balaban J connectivity index is 3.15. The fourth-order valence-electron chi connectivity index (χ4n) is 1.84. The second-order valence-electron chi connectivity index (χ2n) is 6.14. The van der Waals surface area contributed by atoms with Crippen molar-refractivity contribution >= 4 is 0 Å². The second-order valence-corrected chi connectivity index (χ2v) is 6.14. The van der Waals surface area contributed by atoms with Gasteiger partial charge in [0, 0.05) is 6.61 Å². The summed E-state index contributed by atoms with van der Waals surface area (Å²) in [5.41, 5.74) is 0.0263. The molecule has 0 heterocycles. The molecule has 0 radical (unpaired) electrons. The summed E-state index contributed by atoms with van der Waals surface area (Å²) in [6, 6.07) is 0. The van der Waals surface area contributed by atoms with Gasteiger partial charge in [-0.15, -0.1) is 0 Å². The van der Waals surface area contributed by atoms with Gasteiger partial charge in [0.25, 0.3) is 0 Å². The summed E-state index contributed by atoms with van der Waals surface area (Å²) in [6.45, 7) is 9.44. The molecule has 19 heavy (non-hydrogen) atoms. The molecule has 1 nitrogen and oxygen atoms in total. The number of ether oxygens (including phenoxy) is 1. The van der Waals surface area contributed by atoms with Gasteiger partial charge >= 0.3 is 0 Å². The van der Waals surface area contributed by atoms with E-state index in [1.165, 1.54) is 44.9 Å². The van der Waals surface area contributed by atoms with E-state index in [4.69, 9.17) is 4.74 Å². The number of unbranched alkanes of at least 4 members (excludes halogenated alkanes) is 6. The lowest BCUT2D eigenvalue weighted by Crippen LogP contribution is -2.19. The van der Waals surface area contributed by atoms with E-state index in [0.717, 1.165) is 13.0 Å². The third-order valence-electron chi connectivity index (χ3n) is 2.92. The third kappa shape index (κ3) is 17.4. The lowest BCUT2D eigenvalue weighted by molar-refractivity contribution is -0.00474. The Hall–Kier alpha value is -0.560. The first-order valence-corrected chi connectivity index (χ1v) is 8.02. The average molecular weight is 266 g/mol. The molecule has 0 bridgehead atoms. The van der Waals surface area contributed by atoms with Gasteiger partial charge in [-0.2, -0.15) is 0 Å². The molecule has 0 aliphatic heterocycles. The molecule has 0 aromatic heterocycles. The van der Waals surface area contributed by atoms with Crippen LogP contribution >= 0.6 is 0 Å². The Morgan fingerprint density at radius 1 is 0.789 bits per heavy atom. The number of allylic oxidation sites excluding steroid dienone is 4. The van der Waals surface area contributed by atoms with Gasteiger partial charge in [-0.05, 0) is 46.5 Å². The molecule has 0 aromatic carbocycles. The molecule has 0 unspecified atom stereocenters. The third-order valence-corrected chi connectivity index (χ3v) is 2.92. The molecule has 0 saturated carbocycles. The van der Waals surface area contributed by atoms with E-state index >= 15 is 0 Å². The largest absolute Gasteiger partial charge is 0.376 e. The van der Waals surface area contributed by atoms with Gasteiger partial charge in [0.1, 0.15) is 0 Å². The standard InChI is InChI=1S/C18H34O/c1-5-6-7-8-9-10-11-12-13-14-15-16-17-19-18(2,3)4/h6-9H,5,10-17H2,1-4H3/b7-6+,9-8+. The van der Waals surface area contributed by atoms with Crippen molar-refractivity contribution < 1.29 is 4.74 Å². The fraction of sp³-hybridized carbons (Fsp3) is 0.778. The quantitative estimate of drug-likeness (QED) is 0.326. The van der Waals surface area contributed by atoms with E-state index < -0.39 is 0 Å². The number of rotatable bonds is 11. The van der Waals surface area contributed by atoms with Crippen LogP contribution in [-0.2, 0) is 4.74 Å². The Morgan fingerprint density at radius 3 is 2.00 bits per heavy atom. The molecule has 0 saturated heterocycles. The molecule has 0 spiro atoms. The van der Waals surface area contributed by atoms with Crippen molar-refractivity contribution in [1.82, 2.24) is 0 Å². The first kappa shape index (κ1) is 18.4. The summed E-state index contributed by atoms with van der Waals surface area (Å²) in [7, 11) is 0. The molecular formula is C18H34O. The highest BCUT2D eigenvalue weighted by atomic mass is 16.5. The molecule has 1 heteroatoms. The first-order chi connectivity index (χ1) is 9.06. The highest BCUT2D eigenvalue weighted by Gasteiger charge is 2.08. The van der Waals surface area contributed by atoms with Crippen LogP contribution in [0.25, 0.3) is 0 Å². The van der Waals surface area contributed by atoms with Gasteiger partial charge in [0.15, 0.2) is 0 Å². The van der Waals surface area contributed by atoms with Crippen LogP contribution in [0.1, 0.15) is 79.1 Å². The van der Waals surface area contributed by atoms with Gasteiger partial charge in [0.2, 0.25) is 0 Å². The minimum absolute atomic E-state index is 0.0263. The first-order valence-electron chi connectivity index (χ1n) is 8.02. The maximum atomic E-state index is 5.71. The van der Waals surface area contributed by atoms with Crippen LogP contribution in [0, 0.1) is 0 Å². The molecule has 0 aromatic rings. The molecule has 0 rings (SSSR count). The minimum Gasteiger partial charge on any atom is -0.376 e. The summed E-state index contributed by atoms with van der Waals surface area (Å²) in [5, 5.41) is 0. The molecule has 0 aliphatic rings. The van der Waals surface area contributed by atoms with Crippen LogP contribution in [0.3, 0.4) is 0 Å². The molecule has 0 amide bonds. The van der Waals surface area contributed by atoms with Crippen LogP contribution in [0.5, 0.6) is 0 Å². The van der Waals surface area contributed by atoms with Gasteiger partial charge in [-0.25, -0.2) is 0 Å². The zero-order chi connectivity index (χ0) is 14.4. The maximum Gasteiger partial charge on any atom is 0.0598 e. The minimum atomic E-state index is 0.0263. The van der Waals surface area contributed by atoms with Gasteiger partial charge in [0.05, 0.1) is 5.60 Å². The Morgan fingerprint density at radius 2 is 1.37 bits per heavy atom. The van der Waals surface area contributed by atoms with Crippen LogP contribution in [-0.4, -0.2) is 12.2 Å². The topological polar surface area (TPSA) is 9.23 Å². The van der Waals surface area contributed by atoms with Crippen LogP contribution in [0.4, 0.5) is 0 Å². The second kappa shape index (κ2) is 12.5. The summed E-state index contributed by atoms with van der Waals surface area (Å²) >= 11 is 0. The van der Waals surface area contributed by atoms with Crippen LogP contribution < -0.4 is 0 Å². The summed E-state index contributed by atoms with van der Waals surface area (Å²) in [6.07, 6.45) is 19.1. The van der Waals surface area contributed by atoms with Crippen molar-refractivity contribution in [2.24, 2.45) is 0 Å². The van der Waals surface area contributed by atoms with Crippen molar-refractivity contribution in [1.29, 1.82) is 0 Å². The molecule has 0 fully saturated rings. The van der Waals surface area contributed by atoms with Gasteiger partial charge < -0.3 is 4.74 Å². The van der Waals surface area contributed by atoms with Gasteiger partial charge in [-0.1, -0.05) is 56.9 Å². The van der Waals surface area contributed by atoms with E-state index in [9.17, 15) is 0 Å². The smallest absolute Gasteiger partial charge is 0.0598 e. The van der Waals surface area contributed by atoms with Crippen LogP contribution in [0.2, 0.25) is 0 Å². The molecule has 112 valence electrons. The molecule has 0 aliphatic carbocycles. The van der Waals surface area contributed by atoms with Crippen molar-refractivity contribution in [2.45, 2.75) is 84.7 Å². The van der Waals surface area contributed by atoms with E-state index in [-0.39, 0.29) is 5.60 Å². The van der Waals surface area contributed by atoms with Crippen LogP contribution in [0.15, 0.2) is 24.3 Å². The lowest BCUT2D eigenvalue weighted by Gasteiger charge is -2.19. The lowest BCUT2D eigenvalue weighted by atomic mass is 10.1. The molecule has 0 atom stereocenters. The van der Waals surface area contributed by atoms with E-state index in [1.807, 2.05) is 0 Å². The summed E-state index contributed by atoms with van der Waals surface area (Å²) < 4.78 is 5.71.